The van der Waals surface area contributed by atoms with Crippen LogP contribution >= 0.6 is 11.6 Å². The number of carbonyl (C=O) groups is 2. The monoisotopic (exact) mass is 465 g/mol. The zero-order chi connectivity index (χ0) is 23.3. The Morgan fingerprint density at radius 3 is 2.32 bits per heavy atom. The lowest BCUT2D eigenvalue weighted by atomic mass is 10.1. The van der Waals surface area contributed by atoms with E-state index in [1.54, 1.807) is 50.2 Å². The molecule has 0 radical (unpaired) electrons. The SMILES string of the molecule is CNC(=O)C(C)N(Cc1ccccc1Cl)C(=O)CN(c1ccc(C)cc1C)S(C)(=O)=O. The number of nitrogens with zero attached hydrogens (tertiary/aromatic N) is 2. The Labute approximate surface area is 189 Å². The fourth-order valence-corrected chi connectivity index (χ4v) is 4.38. The van der Waals surface area contributed by atoms with Crippen LogP contribution in [-0.4, -0.2) is 51.0 Å². The lowest BCUT2D eigenvalue weighted by Crippen LogP contribution is -2.50. The molecule has 0 fully saturated rings. The van der Waals surface area contributed by atoms with Crippen molar-refractivity contribution in [3.05, 3.63) is 64.2 Å². The van der Waals surface area contributed by atoms with Gasteiger partial charge in [0.15, 0.2) is 0 Å². The van der Waals surface area contributed by atoms with Gasteiger partial charge in [0.25, 0.3) is 0 Å². The Morgan fingerprint density at radius 1 is 1.13 bits per heavy atom. The van der Waals surface area contributed by atoms with Crippen LogP contribution in [0.2, 0.25) is 5.02 Å². The maximum absolute atomic E-state index is 13.3. The van der Waals surface area contributed by atoms with Gasteiger partial charge in [-0.3, -0.25) is 13.9 Å². The third-order valence-electron chi connectivity index (χ3n) is 5.01. The minimum Gasteiger partial charge on any atom is -0.357 e. The molecular weight excluding hydrogens is 438 g/mol. The van der Waals surface area contributed by atoms with Crippen molar-refractivity contribution in [1.82, 2.24) is 10.2 Å². The van der Waals surface area contributed by atoms with Gasteiger partial charge in [-0.05, 0) is 44.0 Å². The highest BCUT2D eigenvalue weighted by Gasteiger charge is 2.30. The van der Waals surface area contributed by atoms with Crippen LogP contribution in [-0.2, 0) is 26.2 Å². The van der Waals surface area contributed by atoms with Gasteiger partial charge in [-0.25, -0.2) is 8.42 Å². The van der Waals surface area contributed by atoms with Crippen LogP contribution in [0.4, 0.5) is 5.69 Å². The predicted octanol–water partition coefficient (Wildman–Crippen LogP) is 2.89. The summed E-state index contributed by atoms with van der Waals surface area (Å²) in [6.07, 6.45) is 1.06. The molecule has 168 valence electrons. The van der Waals surface area contributed by atoms with E-state index >= 15 is 0 Å². The van der Waals surface area contributed by atoms with Gasteiger partial charge < -0.3 is 10.2 Å². The minimum absolute atomic E-state index is 0.0670. The minimum atomic E-state index is -3.76. The van der Waals surface area contributed by atoms with Gasteiger partial charge in [-0.15, -0.1) is 0 Å². The van der Waals surface area contributed by atoms with Crippen molar-refractivity contribution in [3.63, 3.8) is 0 Å². The Balaban J connectivity index is 2.43. The summed E-state index contributed by atoms with van der Waals surface area (Å²) in [6, 6.07) is 11.5. The Bertz CT molecular complexity index is 1070. The fraction of sp³-hybridized carbons (Fsp3) is 0.364. The number of nitrogens with one attached hydrogen (secondary N) is 1. The number of rotatable bonds is 8. The number of likely N-dealkylation sites (N-methyl/N-ethyl adjacent to an activating group) is 1. The lowest BCUT2D eigenvalue weighted by molar-refractivity contribution is -0.139. The second-order valence-corrected chi connectivity index (χ2v) is 9.78. The molecule has 0 aliphatic heterocycles. The molecule has 7 nitrogen and oxygen atoms in total. The Kier molecular flexibility index (Phi) is 8.08. The maximum atomic E-state index is 13.3. The molecule has 1 unspecified atom stereocenters. The van der Waals surface area contributed by atoms with Crippen molar-refractivity contribution in [2.75, 3.05) is 24.2 Å². The summed E-state index contributed by atoms with van der Waals surface area (Å²) in [5, 5.41) is 2.99. The molecule has 31 heavy (non-hydrogen) atoms. The number of anilines is 1. The number of halogens is 1. The van der Waals surface area contributed by atoms with Crippen molar-refractivity contribution >= 4 is 39.1 Å². The largest absolute Gasteiger partial charge is 0.357 e. The van der Waals surface area contributed by atoms with Gasteiger partial charge in [0.2, 0.25) is 21.8 Å². The third kappa shape index (κ3) is 6.21. The summed E-state index contributed by atoms with van der Waals surface area (Å²) in [4.78, 5) is 27.0. The van der Waals surface area contributed by atoms with Crippen LogP contribution in [0.15, 0.2) is 42.5 Å². The van der Waals surface area contributed by atoms with E-state index in [2.05, 4.69) is 5.32 Å². The van der Waals surface area contributed by atoms with Crippen molar-refractivity contribution in [3.8, 4) is 0 Å². The number of hydrogen-bond acceptors (Lipinski definition) is 4. The van der Waals surface area contributed by atoms with E-state index in [0.717, 1.165) is 21.7 Å². The number of sulfonamides is 1. The average Bonchev–Trinajstić information content (AvgIpc) is 2.70. The highest BCUT2D eigenvalue weighted by atomic mass is 35.5. The smallest absolute Gasteiger partial charge is 0.244 e. The van der Waals surface area contributed by atoms with Crippen molar-refractivity contribution in [1.29, 1.82) is 0 Å². The predicted molar refractivity (Wildman–Crippen MR) is 124 cm³/mol. The molecule has 2 rings (SSSR count). The molecule has 0 spiro atoms. The molecule has 9 heteroatoms. The van der Waals surface area contributed by atoms with Gasteiger partial charge in [0.05, 0.1) is 11.9 Å². The molecule has 2 aromatic carbocycles. The van der Waals surface area contributed by atoms with Crippen molar-refractivity contribution in [2.45, 2.75) is 33.4 Å². The molecule has 0 aromatic heterocycles. The van der Waals surface area contributed by atoms with E-state index < -0.39 is 28.5 Å². The summed E-state index contributed by atoms with van der Waals surface area (Å²) < 4.78 is 26.2. The lowest BCUT2D eigenvalue weighted by Gasteiger charge is -2.31. The Hall–Kier alpha value is -2.58. The van der Waals surface area contributed by atoms with Crippen LogP contribution in [0.25, 0.3) is 0 Å². The first-order chi connectivity index (χ1) is 14.5. The molecule has 1 atom stereocenters. The number of hydrogen-bond donors (Lipinski definition) is 1. The summed E-state index contributed by atoms with van der Waals surface area (Å²) in [6.45, 7) is 4.92. The first-order valence-corrected chi connectivity index (χ1v) is 12.0. The van der Waals surface area contributed by atoms with Gasteiger partial charge in [0.1, 0.15) is 12.6 Å². The quantitative estimate of drug-likeness (QED) is 0.649. The van der Waals surface area contributed by atoms with Crippen LogP contribution in [0.1, 0.15) is 23.6 Å². The van der Waals surface area contributed by atoms with Gasteiger partial charge in [0, 0.05) is 18.6 Å². The van der Waals surface area contributed by atoms with Crippen LogP contribution in [0.5, 0.6) is 0 Å². The van der Waals surface area contributed by atoms with Crippen LogP contribution < -0.4 is 9.62 Å². The number of aryl methyl sites for hydroxylation is 2. The normalized spacial score (nSPS) is 12.2. The second kappa shape index (κ2) is 10.2. The van der Waals surface area contributed by atoms with Crippen molar-refractivity contribution < 1.29 is 18.0 Å². The molecule has 0 bridgehead atoms. The van der Waals surface area contributed by atoms with Gasteiger partial charge >= 0.3 is 0 Å². The van der Waals surface area contributed by atoms with Crippen LogP contribution in [0, 0.1) is 13.8 Å². The number of benzene rings is 2. The van der Waals surface area contributed by atoms with E-state index in [0.29, 0.717) is 16.3 Å². The molecule has 2 amide bonds. The zero-order valence-corrected chi connectivity index (χ0v) is 19.9. The van der Waals surface area contributed by atoms with Crippen molar-refractivity contribution in [2.24, 2.45) is 0 Å². The van der Waals surface area contributed by atoms with Gasteiger partial charge in [-0.2, -0.15) is 0 Å². The molecule has 0 aliphatic rings. The highest BCUT2D eigenvalue weighted by molar-refractivity contribution is 7.92. The molecule has 0 aliphatic carbocycles. The molecule has 0 saturated carbocycles. The molecule has 2 aromatic rings. The van der Waals surface area contributed by atoms with Gasteiger partial charge in [-0.1, -0.05) is 47.5 Å². The second-order valence-electron chi connectivity index (χ2n) is 7.46. The molecule has 0 heterocycles. The summed E-state index contributed by atoms with van der Waals surface area (Å²) in [5.41, 5.74) is 2.79. The summed E-state index contributed by atoms with van der Waals surface area (Å²) in [5.74, 6) is -0.876. The topological polar surface area (TPSA) is 86.8 Å². The average molecular weight is 466 g/mol. The number of carbonyl (C=O) groups excluding carboxylic acids is 2. The number of amides is 2. The third-order valence-corrected chi connectivity index (χ3v) is 6.51. The molecular formula is C22H28ClN3O4S. The van der Waals surface area contributed by atoms with E-state index in [9.17, 15) is 18.0 Å². The summed E-state index contributed by atoms with van der Waals surface area (Å²) in [7, 11) is -2.27. The first-order valence-electron chi connectivity index (χ1n) is 9.75. The molecule has 1 N–H and O–H groups in total. The fourth-order valence-electron chi connectivity index (χ4n) is 3.28. The van der Waals surface area contributed by atoms with Crippen LogP contribution in [0.3, 0.4) is 0 Å². The first kappa shape index (κ1) is 24.7. The molecule has 0 saturated heterocycles. The Morgan fingerprint density at radius 2 is 1.77 bits per heavy atom. The summed E-state index contributed by atoms with van der Waals surface area (Å²) >= 11 is 6.26. The van der Waals surface area contributed by atoms with E-state index in [1.807, 2.05) is 13.0 Å². The highest BCUT2D eigenvalue weighted by Crippen LogP contribution is 2.25. The zero-order valence-electron chi connectivity index (χ0n) is 18.3. The van der Waals surface area contributed by atoms with E-state index in [-0.39, 0.29) is 12.5 Å². The standard InChI is InChI=1S/C22H28ClN3O4S/c1-15-10-11-20(16(2)12-15)26(31(5,29)30)14-21(27)25(17(3)22(28)24-4)13-18-8-6-7-9-19(18)23/h6-12,17H,13-14H2,1-5H3,(H,24,28). The van der Waals surface area contributed by atoms with E-state index in [4.69, 9.17) is 11.6 Å². The van der Waals surface area contributed by atoms with E-state index in [1.165, 1.54) is 11.9 Å². The maximum Gasteiger partial charge on any atom is 0.244 e.